The number of anilines is 1. The molecule has 0 radical (unpaired) electrons. The zero-order valence-electron chi connectivity index (χ0n) is 25.2. The Labute approximate surface area is 254 Å². The van der Waals surface area contributed by atoms with Crippen molar-refractivity contribution in [2.45, 2.75) is 63.9 Å². The van der Waals surface area contributed by atoms with E-state index in [0.717, 1.165) is 12.1 Å². The quantitative estimate of drug-likeness (QED) is 0.354. The fraction of sp³-hybridized carbons (Fsp3) is 0.467. The Kier molecular flexibility index (Phi) is 9.96. The van der Waals surface area contributed by atoms with Crippen LogP contribution in [0.1, 0.15) is 42.0 Å². The van der Waals surface area contributed by atoms with Crippen molar-refractivity contribution in [3.8, 4) is 5.75 Å². The molecule has 14 heteroatoms. The first-order valence-electron chi connectivity index (χ1n) is 14.1. The predicted octanol–water partition coefficient (Wildman–Crippen LogP) is 4.39. The summed E-state index contributed by atoms with van der Waals surface area (Å²) < 4.78 is 79.2. The summed E-state index contributed by atoms with van der Waals surface area (Å²) in [5.41, 5.74) is 0.850. The average molecular weight is 639 g/mol. The van der Waals surface area contributed by atoms with Crippen molar-refractivity contribution < 1.29 is 40.8 Å². The molecule has 10 nitrogen and oxygen atoms in total. The van der Waals surface area contributed by atoms with E-state index in [-0.39, 0.29) is 46.9 Å². The number of hydrogen-bond donors (Lipinski definition) is 2. The number of hydrogen-bond acceptors (Lipinski definition) is 8. The van der Waals surface area contributed by atoms with Crippen LogP contribution in [0.5, 0.6) is 5.75 Å². The highest BCUT2D eigenvalue weighted by atomic mass is 32.2. The maximum atomic E-state index is 13.5. The third-order valence-corrected chi connectivity index (χ3v) is 9.26. The van der Waals surface area contributed by atoms with Crippen molar-refractivity contribution in [3.05, 3.63) is 70.6 Å². The largest absolute Gasteiger partial charge is 0.488 e. The van der Waals surface area contributed by atoms with Gasteiger partial charge in [-0.05, 0) is 63.7 Å². The van der Waals surface area contributed by atoms with Gasteiger partial charge in [0.25, 0.3) is 10.0 Å². The lowest BCUT2D eigenvalue weighted by Gasteiger charge is -2.34. The van der Waals surface area contributed by atoms with Crippen LogP contribution in [0, 0.1) is 19.8 Å². The van der Waals surface area contributed by atoms with Gasteiger partial charge in [-0.1, -0.05) is 24.2 Å². The van der Waals surface area contributed by atoms with Crippen molar-refractivity contribution in [2.24, 2.45) is 5.92 Å². The van der Waals surface area contributed by atoms with Crippen LogP contribution in [0.2, 0.25) is 0 Å². The molecule has 3 aromatic rings. The zero-order chi connectivity index (χ0) is 32.4. The Bertz CT molecular complexity index is 1560. The molecule has 0 fully saturated rings. The van der Waals surface area contributed by atoms with E-state index < -0.39 is 33.9 Å². The molecule has 3 atom stereocenters. The number of halogens is 3. The molecule has 1 aliphatic heterocycles. The first-order valence-corrected chi connectivity index (χ1v) is 15.6. The molecule has 0 spiro atoms. The second-order valence-electron chi connectivity index (χ2n) is 11.4. The molecule has 1 amide bonds. The highest BCUT2D eigenvalue weighted by Crippen LogP contribution is 2.32. The third-order valence-electron chi connectivity index (χ3n) is 7.63. The highest BCUT2D eigenvalue weighted by molar-refractivity contribution is 7.92. The molecule has 0 saturated heterocycles. The summed E-state index contributed by atoms with van der Waals surface area (Å²) in [6.07, 6.45) is -4.97. The SMILES string of the molecule is Cc1noc(C)c1S(=O)(=O)Nc1ccc2c(c1)CC(=O)N([C@H](C)CO)C[C@@H](C)[C@@H](CN(C)Cc1ccc(C(F)(F)F)cc1)O2. The number of aromatic nitrogens is 1. The minimum atomic E-state index is -4.42. The molecule has 2 aromatic carbocycles. The van der Waals surface area contributed by atoms with E-state index in [1.807, 2.05) is 18.9 Å². The lowest BCUT2D eigenvalue weighted by Crippen LogP contribution is -2.47. The van der Waals surface area contributed by atoms with Gasteiger partial charge < -0.3 is 19.3 Å². The lowest BCUT2D eigenvalue weighted by atomic mass is 10.0. The number of benzene rings is 2. The molecular weight excluding hydrogens is 601 g/mol. The molecular formula is C30H37F3N4O6S. The highest BCUT2D eigenvalue weighted by Gasteiger charge is 2.32. The van der Waals surface area contributed by atoms with Gasteiger partial charge >= 0.3 is 6.18 Å². The van der Waals surface area contributed by atoms with Gasteiger partial charge in [0.1, 0.15) is 17.5 Å². The van der Waals surface area contributed by atoms with Gasteiger partial charge in [-0.15, -0.1) is 0 Å². The zero-order valence-corrected chi connectivity index (χ0v) is 26.0. The summed E-state index contributed by atoms with van der Waals surface area (Å²) in [7, 11) is -2.22. The standard InChI is InChI=1S/C30H37F3N4O6S/c1-18-14-37(19(2)17-38)28(39)13-23-12-25(35-44(40,41)29-20(3)34-43-21(29)4)10-11-26(23)42-27(18)16-36(5)15-22-6-8-24(9-7-22)30(31,32)33/h6-12,18-19,27,35,38H,13-17H2,1-5H3/t18-,19-,27-/m1/s1. The van der Waals surface area contributed by atoms with E-state index in [2.05, 4.69) is 9.88 Å². The second-order valence-corrected chi connectivity index (χ2v) is 13.0. The predicted molar refractivity (Wildman–Crippen MR) is 157 cm³/mol. The normalized spacial score (nSPS) is 18.7. The smallest absolute Gasteiger partial charge is 0.416 e. The number of aliphatic hydroxyl groups excluding tert-OH is 1. The Morgan fingerprint density at radius 2 is 1.86 bits per heavy atom. The number of carbonyl (C=O) groups is 1. The van der Waals surface area contributed by atoms with E-state index in [1.54, 1.807) is 30.0 Å². The number of aliphatic hydroxyl groups is 1. The van der Waals surface area contributed by atoms with Crippen LogP contribution in [0.25, 0.3) is 0 Å². The molecule has 44 heavy (non-hydrogen) atoms. The van der Waals surface area contributed by atoms with Crippen molar-refractivity contribution in [2.75, 3.05) is 31.5 Å². The fourth-order valence-corrected chi connectivity index (χ4v) is 6.64. The Morgan fingerprint density at radius 3 is 2.45 bits per heavy atom. The number of sulfonamides is 1. The van der Waals surface area contributed by atoms with Gasteiger partial charge in [0.2, 0.25) is 5.91 Å². The topological polar surface area (TPSA) is 125 Å². The number of alkyl halides is 3. The molecule has 0 bridgehead atoms. The second kappa shape index (κ2) is 13.2. The van der Waals surface area contributed by atoms with E-state index >= 15 is 0 Å². The maximum absolute atomic E-state index is 13.5. The number of amides is 1. The van der Waals surface area contributed by atoms with Crippen molar-refractivity contribution in [1.29, 1.82) is 0 Å². The van der Waals surface area contributed by atoms with E-state index in [1.165, 1.54) is 26.0 Å². The van der Waals surface area contributed by atoms with Gasteiger partial charge in [-0.3, -0.25) is 14.4 Å². The summed E-state index contributed by atoms with van der Waals surface area (Å²) in [6.45, 7) is 7.46. The Hall–Kier alpha value is -3.62. The number of ether oxygens (including phenoxy) is 1. The summed E-state index contributed by atoms with van der Waals surface area (Å²) in [6, 6.07) is 9.20. The van der Waals surface area contributed by atoms with Crippen molar-refractivity contribution >= 4 is 21.6 Å². The Balaban J connectivity index is 1.61. The van der Waals surface area contributed by atoms with Crippen LogP contribution in [-0.2, 0) is 34.0 Å². The molecule has 4 rings (SSSR count). The van der Waals surface area contributed by atoms with E-state index in [0.29, 0.717) is 36.5 Å². The first kappa shape index (κ1) is 33.3. The van der Waals surface area contributed by atoms with Crippen LogP contribution >= 0.6 is 0 Å². The monoisotopic (exact) mass is 638 g/mol. The average Bonchev–Trinajstić information content (AvgIpc) is 3.31. The summed E-state index contributed by atoms with van der Waals surface area (Å²) >= 11 is 0. The van der Waals surface area contributed by atoms with E-state index in [9.17, 15) is 31.5 Å². The van der Waals surface area contributed by atoms with Gasteiger partial charge in [-0.25, -0.2) is 8.42 Å². The van der Waals surface area contributed by atoms with Gasteiger partial charge in [0.05, 0.1) is 24.6 Å². The number of carbonyl (C=O) groups excluding carboxylic acids is 1. The minimum absolute atomic E-state index is 0.0683. The molecule has 0 saturated carbocycles. The van der Waals surface area contributed by atoms with Crippen LogP contribution in [0.4, 0.5) is 18.9 Å². The van der Waals surface area contributed by atoms with Crippen LogP contribution in [0.15, 0.2) is 51.9 Å². The maximum Gasteiger partial charge on any atom is 0.416 e. The number of aryl methyl sites for hydroxylation is 2. The molecule has 2 heterocycles. The number of nitrogens with zero attached hydrogens (tertiary/aromatic N) is 3. The molecule has 240 valence electrons. The van der Waals surface area contributed by atoms with Gasteiger partial charge in [-0.2, -0.15) is 13.2 Å². The van der Waals surface area contributed by atoms with Crippen molar-refractivity contribution in [3.63, 3.8) is 0 Å². The fourth-order valence-electron chi connectivity index (χ4n) is 5.26. The molecule has 2 N–H and O–H groups in total. The number of fused-ring (bicyclic) bond motifs is 1. The number of rotatable bonds is 9. The summed E-state index contributed by atoms with van der Waals surface area (Å²) in [5.74, 6) is 0.0819. The number of nitrogens with one attached hydrogen (secondary N) is 1. The van der Waals surface area contributed by atoms with Crippen molar-refractivity contribution in [1.82, 2.24) is 15.0 Å². The molecule has 0 unspecified atom stereocenters. The third kappa shape index (κ3) is 7.71. The summed E-state index contributed by atoms with van der Waals surface area (Å²) in [5, 5.41) is 13.6. The molecule has 1 aliphatic rings. The lowest BCUT2D eigenvalue weighted by molar-refractivity contribution is -0.137. The van der Waals surface area contributed by atoms with Crippen LogP contribution in [-0.4, -0.2) is 73.3 Å². The molecule has 0 aliphatic carbocycles. The minimum Gasteiger partial charge on any atom is -0.488 e. The van der Waals surface area contributed by atoms with Gasteiger partial charge in [0.15, 0.2) is 10.7 Å². The summed E-state index contributed by atoms with van der Waals surface area (Å²) in [4.78, 5) is 16.9. The van der Waals surface area contributed by atoms with E-state index in [4.69, 9.17) is 9.26 Å². The van der Waals surface area contributed by atoms with Gasteiger partial charge in [0, 0.05) is 36.8 Å². The Morgan fingerprint density at radius 1 is 1.18 bits per heavy atom. The van der Waals surface area contributed by atoms with Crippen LogP contribution < -0.4 is 9.46 Å². The molecule has 1 aromatic heterocycles. The number of likely N-dealkylation sites (N-methyl/N-ethyl adjacent to an activating group) is 1. The first-order chi connectivity index (χ1) is 20.6. The van der Waals surface area contributed by atoms with Crippen LogP contribution in [0.3, 0.4) is 0 Å².